The number of halogens is 6. The van der Waals surface area contributed by atoms with E-state index in [4.69, 9.17) is 24.5 Å². The summed E-state index contributed by atoms with van der Waals surface area (Å²) in [7, 11) is 1.66. The number of aryl methyl sites for hydroxylation is 1. The topological polar surface area (TPSA) is 134 Å². The SMILES string of the molecule is CNC(=O)C1Cn2ccnc2C2(CCN(Cc3ccc(C)s3)CC2)O1.O=C(O)C(F)(F)F.O=C(O)C(F)(F)F. The number of ether oxygens (including phenoxy) is 1. The van der Waals surface area contributed by atoms with Gasteiger partial charge in [0.2, 0.25) is 0 Å². The fourth-order valence-electron chi connectivity index (χ4n) is 3.90. The van der Waals surface area contributed by atoms with Crippen LogP contribution >= 0.6 is 11.3 Å². The summed E-state index contributed by atoms with van der Waals surface area (Å²) in [5.74, 6) is -4.60. The average molecular weight is 589 g/mol. The number of fused-ring (bicyclic) bond motifs is 2. The molecular formula is C22H26F6N4O6S. The Morgan fingerprint density at radius 1 is 1.10 bits per heavy atom. The Balaban J connectivity index is 0.000000317. The first-order valence-corrected chi connectivity index (χ1v) is 12.1. The molecule has 3 N–H and O–H groups in total. The average Bonchev–Trinajstić information content (AvgIpc) is 3.49. The number of carboxylic acids is 2. The molecule has 2 aromatic rings. The predicted molar refractivity (Wildman–Crippen MR) is 124 cm³/mol. The number of rotatable bonds is 3. The van der Waals surface area contributed by atoms with E-state index in [9.17, 15) is 31.1 Å². The summed E-state index contributed by atoms with van der Waals surface area (Å²) in [6.45, 7) is 5.57. The molecule has 0 radical (unpaired) electrons. The van der Waals surface area contributed by atoms with Gasteiger partial charge in [-0.3, -0.25) is 9.69 Å². The van der Waals surface area contributed by atoms with Gasteiger partial charge in [-0.15, -0.1) is 11.3 Å². The van der Waals surface area contributed by atoms with Crippen molar-refractivity contribution in [3.8, 4) is 0 Å². The highest BCUT2D eigenvalue weighted by Gasteiger charge is 2.47. The molecule has 1 amide bonds. The number of nitrogens with zero attached hydrogens (tertiary/aromatic N) is 3. The monoisotopic (exact) mass is 588 g/mol. The molecule has 0 aromatic carbocycles. The Bertz CT molecular complexity index is 1120. The fraction of sp³-hybridized carbons (Fsp3) is 0.545. The van der Waals surface area contributed by atoms with Crippen LogP contribution in [0.25, 0.3) is 0 Å². The number of piperidine rings is 1. The van der Waals surface area contributed by atoms with Crippen molar-refractivity contribution in [2.75, 3.05) is 20.1 Å². The van der Waals surface area contributed by atoms with E-state index in [0.29, 0.717) is 6.54 Å². The molecule has 1 spiro atoms. The van der Waals surface area contributed by atoms with Gasteiger partial charge in [-0.05, 0) is 31.9 Å². The molecule has 1 fully saturated rings. The molecule has 10 nitrogen and oxygen atoms in total. The van der Waals surface area contributed by atoms with E-state index in [1.165, 1.54) is 9.75 Å². The molecule has 2 aliphatic heterocycles. The maximum Gasteiger partial charge on any atom is 0.490 e. The van der Waals surface area contributed by atoms with Crippen LogP contribution in [0, 0.1) is 6.92 Å². The molecule has 39 heavy (non-hydrogen) atoms. The minimum atomic E-state index is -5.08. The number of likely N-dealkylation sites (N-methyl/N-ethyl adjacent to an activating group) is 1. The van der Waals surface area contributed by atoms with Gasteiger partial charge in [0, 0.05) is 48.8 Å². The van der Waals surface area contributed by atoms with E-state index in [1.807, 2.05) is 23.7 Å². The molecule has 4 rings (SSSR count). The molecule has 0 aliphatic carbocycles. The van der Waals surface area contributed by atoms with Gasteiger partial charge in [0.15, 0.2) is 6.10 Å². The number of hydrogen-bond donors (Lipinski definition) is 3. The number of hydrogen-bond acceptors (Lipinski definition) is 7. The van der Waals surface area contributed by atoms with Crippen LogP contribution in [0.2, 0.25) is 0 Å². The largest absolute Gasteiger partial charge is 0.490 e. The highest BCUT2D eigenvalue weighted by molar-refractivity contribution is 7.11. The Morgan fingerprint density at radius 3 is 2.08 bits per heavy atom. The highest BCUT2D eigenvalue weighted by atomic mass is 32.1. The zero-order valence-electron chi connectivity index (χ0n) is 20.7. The van der Waals surface area contributed by atoms with Crippen LogP contribution in [0.4, 0.5) is 26.3 Å². The molecule has 0 saturated carbocycles. The van der Waals surface area contributed by atoms with Crippen LogP contribution in [0.3, 0.4) is 0 Å². The maximum absolute atomic E-state index is 12.2. The number of alkyl halides is 6. The lowest BCUT2D eigenvalue weighted by molar-refractivity contribution is -0.193. The molecule has 4 heterocycles. The molecule has 0 bridgehead atoms. The van der Waals surface area contributed by atoms with Crippen molar-refractivity contribution in [2.24, 2.45) is 0 Å². The van der Waals surface area contributed by atoms with Crippen LogP contribution in [0.1, 0.15) is 28.4 Å². The zero-order valence-corrected chi connectivity index (χ0v) is 21.5. The normalized spacial score (nSPS) is 18.6. The third-order valence-corrected chi connectivity index (χ3v) is 6.70. The van der Waals surface area contributed by atoms with Crippen LogP contribution in [0.15, 0.2) is 24.5 Å². The number of carbonyl (C=O) groups is 3. The Labute approximate surface area is 222 Å². The molecule has 2 aromatic heterocycles. The summed E-state index contributed by atoms with van der Waals surface area (Å²) in [4.78, 5) is 39.7. The summed E-state index contributed by atoms with van der Waals surface area (Å²) in [6, 6.07) is 4.40. The van der Waals surface area contributed by atoms with E-state index in [0.717, 1.165) is 38.3 Å². The Morgan fingerprint density at radius 2 is 1.64 bits per heavy atom. The second-order valence-electron chi connectivity index (χ2n) is 8.51. The molecule has 1 saturated heterocycles. The lowest BCUT2D eigenvalue weighted by atomic mass is 9.88. The van der Waals surface area contributed by atoms with Gasteiger partial charge in [-0.2, -0.15) is 26.3 Å². The van der Waals surface area contributed by atoms with Crippen molar-refractivity contribution in [3.63, 3.8) is 0 Å². The number of aliphatic carboxylic acids is 2. The lowest BCUT2D eigenvalue weighted by Crippen LogP contribution is -2.53. The molecular weight excluding hydrogens is 562 g/mol. The van der Waals surface area contributed by atoms with E-state index >= 15 is 0 Å². The minimum Gasteiger partial charge on any atom is -0.475 e. The third-order valence-electron chi connectivity index (χ3n) is 5.72. The summed E-state index contributed by atoms with van der Waals surface area (Å²) in [6.07, 6.45) is -5.12. The highest BCUT2D eigenvalue weighted by Crippen LogP contribution is 2.40. The Kier molecular flexibility index (Phi) is 10.5. The minimum absolute atomic E-state index is 0.0600. The summed E-state index contributed by atoms with van der Waals surface area (Å²) >= 11 is 1.86. The second-order valence-corrected chi connectivity index (χ2v) is 9.89. The van der Waals surface area contributed by atoms with E-state index in [-0.39, 0.29) is 5.91 Å². The summed E-state index contributed by atoms with van der Waals surface area (Å²) < 4.78 is 71.9. The van der Waals surface area contributed by atoms with E-state index in [2.05, 4.69) is 38.8 Å². The van der Waals surface area contributed by atoms with Crippen molar-refractivity contribution >= 4 is 29.2 Å². The quantitative estimate of drug-likeness (QED) is 0.466. The fourth-order valence-corrected chi connectivity index (χ4v) is 4.83. The van der Waals surface area contributed by atoms with Gasteiger partial charge in [-0.1, -0.05) is 0 Å². The van der Waals surface area contributed by atoms with Crippen LogP contribution < -0.4 is 5.32 Å². The number of thiophene rings is 1. The third kappa shape index (κ3) is 8.93. The van der Waals surface area contributed by atoms with Gasteiger partial charge in [0.25, 0.3) is 5.91 Å². The maximum atomic E-state index is 12.2. The van der Waals surface area contributed by atoms with Crippen molar-refractivity contribution < 1.29 is 55.7 Å². The molecule has 17 heteroatoms. The van der Waals surface area contributed by atoms with E-state index < -0.39 is 36.0 Å². The zero-order chi connectivity index (χ0) is 29.6. The van der Waals surface area contributed by atoms with Crippen molar-refractivity contribution in [2.45, 2.75) is 56.9 Å². The number of carbonyl (C=O) groups excluding carboxylic acids is 1. The molecule has 1 unspecified atom stereocenters. The second kappa shape index (κ2) is 12.8. The number of nitrogens with one attached hydrogen (secondary N) is 1. The smallest absolute Gasteiger partial charge is 0.475 e. The van der Waals surface area contributed by atoms with Gasteiger partial charge >= 0.3 is 24.3 Å². The summed E-state index contributed by atoms with van der Waals surface area (Å²) in [5.41, 5.74) is -0.444. The van der Waals surface area contributed by atoms with Gasteiger partial charge < -0.3 is 24.8 Å². The number of amides is 1. The number of carboxylic acid groups (broad SMARTS) is 2. The molecule has 1 atom stereocenters. The number of aromatic nitrogens is 2. The first-order valence-electron chi connectivity index (χ1n) is 11.3. The van der Waals surface area contributed by atoms with Crippen LogP contribution in [0.5, 0.6) is 0 Å². The van der Waals surface area contributed by atoms with Gasteiger partial charge in [0.1, 0.15) is 11.4 Å². The van der Waals surface area contributed by atoms with Crippen molar-refractivity contribution in [3.05, 3.63) is 40.1 Å². The number of imidazole rings is 1. The van der Waals surface area contributed by atoms with E-state index in [1.54, 1.807) is 7.05 Å². The lowest BCUT2D eigenvalue weighted by Gasteiger charge is -2.45. The first-order chi connectivity index (χ1) is 18.0. The molecule has 2 aliphatic rings. The number of likely N-dealkylation sites (tertiary alicyclic amines) is 1. The van der Waals surface area contributed by atoms with Crippen LogP contribution in [-0.2, 0) is 37.8 Å². The Hall–Kier alpha value is -3.18. The predicted octanol–water partition coefficient (Wildman–Crippen LogP) is 3.16. The van der Waals surface area contributed by atoms with Gasteiger partial charge in [0.05, 0.1) is 6.54 Å². The molecule has 218 valence electrons. The first kappa shape index (κ1) is 32.0. The summed E-state index contributed by atoms with van der Waals surface area (Å²) in [5, 5.41) is 17.0. The van der Waals surface area contributed by atoms with Gasteiger partial charge in [-0.25, -0.2) is 14.6 Å². The van der Waals surface area contributed by atoms with Crippen molar-refractivity contribution in [1.82, 2.24) is 19.8 Å². The standard InChI is InChI=1S/C18H24N4O2S.2C2HF3O2/c1-13-3-4-14(25-13)11-21-8-5-18(6-9-21)17-20-7-10-22(17)12-15(24-18)16(23)19-2;2*3-2(4,5)1(6)7/h3-4,7,10,15H,5-6,8-9,11-12H2,1-2H3,(H,19,23);2*(H,6,7). The van der Waals surface area contributed by atoms with Crippen molar-refractivity contribution in [1.29, 1.82) is 0 Å². The van der Waals surface area contributed by atoms with Crippen LogP contribution in [-0.4, -0.2) is 81.1 Å².